The van der Waals surface area contributed by atoms with Crippen molar-refractivity contribution in [2.24, 2.45) is 11.8 Å². The quantitative estimate of drug-likeness (QED) is 0.923. The first-order valence-electron chi connectivity index (χ1n) is 7.25. The molecule has 2 aromatic rings. The maximum Gasteiger partial charge on any atom is 0.394 e. The molecule has 0 bridgehead atoms. The first kappa shape index (κ1) is 16.3. The molecule has 0 radical (unpaired) electrons. The van der Waals surface area contributed by atoms with E-state index in [1.54, 1.807) is 24.4 Å². The van der Waals surface area contributed by atoms with E-state index in [2.05, 4.69) is 5.10 Å². The highest BCUT2D eigenvalue weighted by Crippen LogP contribution is 2.37. The molecule has 9 heteroatoms. The van der Waals surface area contributed by atoms with Crippen molar-refractivity contribution in [3.05, 3.63) is 30.5 Å². The van der Waals surface area contributed by atoms with Gasteiger partial charge in [0.25, 0.3) is 0 Å². The molecular formula is C15H14F3N3O3. The van der Waals surface area contributed by atoms with Crippen LogP contribution in [-0.4, -0.2) is 50.9 Å². The van der Waals surface area contributed by atoms with E-state index < -0.39 is 43.0 Å². The second-order valence-corrected chi connectivity index (χ2v) is 5.75. The van der Waals surface area contributed by atoms with Gasteiger partial charge in [0.15, 0.2) is 0 Å². The summed E-state index contributed by atoms with van der Waals surface area (Å²) in [4.78, 5) is 24.3. The molecule has 1 aliphatic heterocycles. The molecule has 6 nitrogen and oxygen atoms in total. The molecule has 0 unspecified atom stereocenters. The Labute approximate surface area is 134 Å². The summed E-state index contributed by atoms with van der Waals surface area (Å²) in [5.74, 6) is -5.81. The highest BCUT2D eigenvalue weighted by Gasteiger charge is 2.53. The fourth-order valence-corrected chi connectivity index (χ4v) is 2.97. The van der Waals surface area contributed by atoms with Crippen LogP contribution in [0.2, 0.25) is 0 Å². The van der Waals surface area contributed by atoms with Gasteiger partial charge in [-0.3, -0.25) is 14.3 Å². The van der Waals surface area contributed by atoms with Gasteiger partial charge in [0, 0.05) is 18.5 Å². The zero-order chi connectivity index (χ0) is 17.5. The number of halogens is 3. The molecule has 1 N–H and O–H groups in total. The first-order valence-corrected chi connectivity index (χ1v) is 7.25. The first-order chi connectivity index (χ1) is 11.3. The lowest BCUT2D eigenvalue weighted by molar-refractivity contribution is -0.188. The Kier molecular flexibility index (Phi) is 3.94. The Morgan fingerprint density at radius 2 is 1.96 bits per heavy atom. The third-order valence-corrected chi connectivity index (χ3v) is 4.25. The minimum Gasteiger partial charge on any atom is -0.481 e. The number of likely N-dealkylation sites (tertiary alicyclic amines) is 1. The third-order valence-electron chi connectivity index (χ3n) is 4.25. The average Bonchev–Trinajstić information content (AvgIpc) is 3.11. The number of aromatic nitrogens is 2. The predicted octanol–water partition coefficient (Wildman–Crippen LogP) is 1.76. The summed E-state index contributed by atoms with van der Waals surface area (Å²) >= 11 is 0. The molecule has 1 aromatic heterocycles. The maximum atomic E-state index is 13.0. The molecule has 0 aliphatic carbocycles. The summed E-state index contributed by atoms with van der Waals surface area (Å²) in [7, 11) is 0. The van der Waals surface area contributed by atoms with Crippen LogP contribution < -0.4 is 0 Å². The molecule has 1 aliphatic rings. The smallest absolute Gasteiger partial charge is 0.394 e. The van der Waals surface area contributed by atoms with Gasteiger partial charge in [0.1, 0.15) is 6.54 Å². The fraction of sp³-hybridized carbons (Fsp3) is 0.400. The van der Waals surface area contributed by atoms with E-state index in [4.69, 9.17) is 5.11 Å². The average molecular weight is 341 g/mol. The number of aliphatic carboxylic acids is 1. The highest BCUT2D eigenvalue weighted by atomic mass is 19.4. The number of rotatable bonds is 3. The van der Waals surface area contributed by atoms with Gasteiger partial charge in [-0.25, -0.2) is 0 Å². The summed E-state index contributed by atoms with van der Waals surface area (Å²) in [6.45, 7) is -1.32. The van der Waals surface area contributed by atoms with Crippen LogP contribution in [0.4, 0.5) is 13.2 Å². The number of fused-ring (bicyclic) bond motifs is 1. The van der Waals surface area contributed by atoms with E-state index in [9.17, 15) is 22.8 Å². The van der Waals surface area contributed by atoms with E-state index in [-0.39, 0.29) is 6.54 Å². The van der Waals surface area contributed by atoms with Crippen LogP contribution in [0, 0.1) is 11.8 Å². The molecule has 2 heterocycles. The van der Waals surface area contributed by atoms with Crippen LogP contribution in [0.1, 0.15) is 0 Å². The predicted molar refractivity (Wildman–Crippen MR) is 77.0 cm³/mol. The molecule has 2 atom stereocenters. The standard InChI is InChI=1S/C15H14F3N3O3/c16-15(17,18)11-7-20(6-10(11)14(23)24)13(22)8-21-12-4-2-1-3-9(12)5-19-21/h1-5,10-11H,6-8H2,(H,23,24)/t10-,11-/m1/s1. The third kappa shape index (κ3) is 2.93. The monoisotopic (exact) mass is 341 g/mol. The van der Waals surface area contributed by atoms with Gasteiger partial charge in [-0.15, -0.1) is 0 Å². The zero-order valence-electron chi connectivity index (χ0n) is 12.4. The van der Waals surface area contributed by atoms with Crippen LogP contribution in [0.5, 0.6) is 0 Å². The summed E-state index contributed by atoms with van der Waals surface area (Å²) in [6, 6.07) is 7.13. The number of alkyl halides is 3. The van der Waals surface area contributed by atoms with Crippen LogP contribution in [0.15, 0.2) is 30.5 Å². The fourth-order valence-electron chi connectivity index (χ4n) is 2.97. The molecule has 3 rings (SSSR count). The van der Waals surface area contributed by atoms with Crippen LogP contribution in [-0.2, 0) is 16.1 Å². The number of amides is 1. The SMILES string of the molecule is O=C(O)[C@@H]1CN(C(=O)Cn2ncc3ccccc32)C[C@H]1C(F)(F)F. The normalized spacial score (nSPS) is 21.4. The number of benzene rings is 1. The lowest BCUT2D eigenvalue weighted by Crippen LogP contribution is -2.34. The summed E-state index contributed by atoms with van der Waals surface area (Å²) in [5, 5.41) is 13.9. The molecule has 24 heavy (non-hydrogen) atoms. The van der Waals surface area contributed by atoms with Crippen molar-refractivity contribution < 1.29 is 27.9 Å². The molecule has 128 valence electrons. The van der Waals surface area contributed by atoms with E-state index in [1.165, 1.54) is 4.68 Å². The van der Waals surface area contributed by atoms with Gasteiger partial charge in [0.2, 0.25) is 5.91 Å². The number of para-hydroxylation sites is 1. The largest absolute Gasteiger partial charge is 0.481 e. The topological polar surface area (TPSA) is 75.4 Å². The lowest BCUT2D eigenvalue weighted by Gasteiger charge is -2.18. The second-order valence-electron chi connectivity index (χ2n) is 5.75. The van der Waals surface area contributed by atoms with Crippen molar-refractivity contribution in [3.63, 3.8) is 0 Å². The van der Waals surface area contributed by atoms with Crippen LogP contribution in [0.3, 0.4) is 0 Å². The number of carboxylic acid groups (broad SMARTS) is 1. The Hall–Kier alpha value is -2.58. The number of nitrogens with zero attached hydrogens (tertiary/aromatic N) is 3. The second kappa shape index (κ2) is 5.81. The van der Waals surface area contributed by atoms with Crippen molar-refractivity contribution >= 4 is 22.8 Å². The van der Waals surface area contributed by atoms with Gasteiger partial charge in [0.05, 0.1) is 23.5 Å². The van der Waals surface area contributed by atoms with Gasteiger partial charge < -0.3 is 10.0 Å². The number of carboxylic acids is 1. The summed E-state index contributed by atoms with van der Waals surface area (Å²) < 4.78 is 40.3. The van der Waals surface area contributed by atoms with Gasteiger partial charge in [-0.05, 0) is 6.07 Å². The van der Waals surface area contributed by atoms with Crippen molar-refractivity contribution in [1.82, 2.24) is 14.7 Å². The number of carbonyl (C=O) groups is 2. The summed E-state index contributed by atoms with van der Waals surface area (Å²) in [6.07, 6.45) is -3.10. The Morgan fingerprint density at radius 1 is 1.25 bits per heavy atom. The maximum absolute atomic E-state index is 13.0. The molecule has 0 saturated carbocycles. The lowest BCUT2D eigenvalue weighted by atomic mass is 9.96. The van der Waals surface area contributed by atoms with Crippen molar-refractivity contribution in [2.75, 3.05) is 13.1 Å². The Bertz CT molecular complexity index is 787. The number of hydrogen-bond donors (Lipinski definition) is 1. The highest BCUT2D eigenvalue weighted by molar-refractivity contribution is 5.83. The van der Waals surface area contributed by atoms with E-state index >= 15 is 0 Å². The molecule has 1 amide bonds. The molecule has 1 aromatic carbocycles. The van der Waals surface area contributed by atoms with Crippen molar-refractivity contribution in [1.29, 1.82) is 0 Å². The van der Waals surface area contributed by atoms with Crippen LogP contribution in [0.25, 0.3) is 10.9 Å². The zero-order valence-corrected chi connectivity index (χ0v) is 12.4. The molecular weight excluding hydrogens is 327 g/mol. The molecule has 1 fully saturated rings. The van der Waals surface area contributed by atoms with E-state index in [0.29, 0.717) is 5.52 Å². The summed E-state index contributed by atoms with van der Waals surface area (Å²) in [5.41, 5.74) is 0.687. The minimum absolute atomic E-state index is 0.232. The van der Waals surface area contributed by atoms with Crippen molar-refractivity contribution in [2.45, 2.75) is 12.7 Å². The van der Waals surface area contributed by atoms with Gasteiger partial charge >= 0.3 is 12.1 Å². The number of carbonyl (C=O) groups excluding carboxylic acids is 1. The van der Waals surface area contributed by atoms with Crippen LogP contribution >= 0.6 is 0 Å². The van der Waals surface area contributed by atoms with E-state index in [1.807, 2.05) is 6.07 Å². The number of hydrogen-bond acceptors (Lipinski definition) is 3. The van der Waals surface area contributed by atoms with Gasteiger partial charge in [-0.1, -0.05) is 18.2 Å². The molecule has 0 spiro atoms. The minimum atomic E-state index is -4.66. The Balaban J connectivity index is 1.77. The molecule has 1 saturated heterocycles. The van der Waals surface area contributed by atoms with Gasteiger partial charge in [-0.2, -0.15) is 18.3 Å². The van der Waals surface area contributed by atoms with Crippen molar-refractivity contribution in [3.8, 4) is 0 Å². The Morgan fingerprint density at radius 3 is 2.58 bits per heavy atom. The van der Waals surface area contributed by atoms with E-state index in [0.717, 1.165) is 10.3 Å².